The van der Waals surface area contributed by atoms with Crippen LogP contribution in [0.1, 0.15) is 97.0 Å². The maximum absolute atomic E-state index is 12.3. The summed E-state index contributed by atoms with van der Waals surface area (Å²) in [6, 6.07) is 4.15. The number of hydrogen-bond acceptors (Lipinski definition) is 3. The molecule has 3 heteroatoms. The molecule has 1 aromatic heterocycles. The Morgan fingerprint density at radius 2 is 1.70 bits per heavy atom. The summed E-state index contributed by atoms with van der Waals surface area (Å²) in [6.07, 6.45) is 20.1. The molecule has 0 amide bonds. The molecule has 1 atom stereocenters. The van der Waals surface area contributed by atoms with Crippen LogP contribution in [0.2, 0.25) is 0 Å². The van der Waals surface area contributed by atoms with Crippen LogP contribution in [0.25, 0.3) is 0 Å². The van der Waals surface area contributed by atoms with Crippen LogP contribution in [0.5, 0.6) is 0 Å². The highest BCUT2D eigenvalue weighted by Gasteiger charge is 2.50. The normalized spacial score (nSPS) is 31.0. The summed E-state index contributed by atoms with van der Waals surface area (Å²) in [5, 5.41) is 0. The van der Waals surface area contributed by atoms with Gasteiger partial charge in [0.05, 0.1) is 0 Å². The van der Waals surface area contributed by atoms with Gasteiger partial charge < -0.3 is 4.74 Å². The predicted octanol–water partition coefficient (Wildman–Crippen LogP) is 6.76. The summed E-state index contributed by atoms with van der Waals surface area (Å²) in [4.78, 5) is 16.4. The standard InChI is InChI=1S/C27H40NO2/c1-26(2,3)30-25(29)7-6-20(4-5-21-9-12-28-13-10-21)8-11-27-17-22-14-23(18-27)16-24(15-22)19-27/h5,9-10,12-13,20,22-24H,4,6-8,11,14-19H2,1-3H3. The second kappa shape index (κ2) is 9.01. The van der Waals surface area contributed by atoms with Crippen LogP contribution in [0.15, 0.2) is 24.5 Å². The van der Waals surface area contributed by atoms with E-state index in [2.05, 4.69) is 23.5 Å². The molecule has 0 aromatic carbocycles. The van der Waals surface area contributed by atoms with Gasteiger partial charge in [0.2, 0.25) is 0 Å². The van der Waals surface area contributed by atoms with Crippen LogP contribution in [-0.4, -0.2) is 16.6 Å². The summed E-state index contributed by atoms with van der Waals surface area (Å²) in [5.41, 5.74) is 1.46. The molecule has 5 rings (SSSR count). The second-order valence-electron chi connectivity index (χ2n) is 11.7. The lowest BCUT2D eigenvalue weighted by molar-refractivity contribution is -0.155. The van der Waals surface area contributed by atoms with Gasteiger partial charge in [-0.3, -0.25) is 9.78 Å². The highest BCUT2D eigenvalue weighted by Crippen LogP contribution is 2.61. The third kappa shape index (κ3) is 5.86. The highest BCUT2D eigenvalue weighted by molar-refractivity contribution is 5.69. The van der Waals surface area contributed by atoms with E-state index in [1.54, 1.807) is 0 Å². The maximum Gasteiger partial charge on any atom is 0.306 e. The zero-order chi connectivity index (χ0) is 21.2. The molecule has 4 saturated carbocycles. The van der Waals surface area contributed by atoms with Crippen molar-refractivity contribution in [2.75, 3.05) is 0 Å². The molecule has 1 aromatic rings. The first-order chi connectivity index (χ1) is 14.3. The van der Waals surface area contributed by atoms with E-state index in [1.165, 1.54) is 56.9 Å². The van der Waals surface area contributed by atoms with Gasteiger partial charge in [0.15, 0.2) is 0 Å². The van der Waals surface area contributed by atoms with Crippen molar-refractivity contribution < 1.29 is 9.53 Å². The summed E-state index contributed by atoms with van der Waals surface area (Å²) >= 11 is 0. The van der Waals surface area contributed by atoms with E-state index in [-0.39, 0.29) is 5.97 Å². The quantitative estimate of drug-likeness (QED) is 0.422. The first-order valence-electron chi connectivity index (χ1n) is 12.2. The van der Waals surface area contributed by atoms with Gasteiger partial charge in [0.1, 0.15) is 5.60 Å². The van der Waals surface area contributed by atoms with Gasteiger partial charge in [-0.15, -0.1) is 0 Å². The van der Waals surface area contributed by atoms with Gasteiger partial charge in [0.25, 0.3) is 0 Å². The molecule has 4 aliphatic rings. The molecule has 0 aliphatic heterocycles. The van der Waals surface area contributed by atoms with E-state index in [1.807, 2.05) is 33.2 Å². The fraction of sp³-hybridized carbons (Fsp3) is 0.741. The topological polar surface area (TPSA) is 39.2 Å². The molecule has 4 fully saturated rings. The van der Waals surface area contributed by atoms with E-state index >= 15 is 0 Å². The minimum Gasteiger partial charge on any atom is -0.460 e. The minimum atomic E-state index is -0.394. The SMILES string of the molecule is CC(C)(C)OC(=O)CCC(C[CH]c1ccncc1)CCC12CC3CC(CC(C3)C1)C2. The molecule has 30 heavy (non-hydrogen) atoms. The van der Waals surface area contributed by atoms with Crippen LogP contribution in [0.4, 0.5) is 0 Å². The number of esters is 1. The van der Waals surface area contributed by atoms with Crippen molar-refractivity contribution in [3.05, 3.63) is 36.5 Å². The van der Waals surface area contributed by atoms with Crippen molar-refractivity contribution in [2.45, 2.75) is 97.0 Å². The molecule has 3 nitrogen and oxygen atoms in total. The Bertz CT molecular complexity index is 670. The Kier molecular flexibility index (Phi) is 6.55. The van der Waals surface area contributed by atoms with Gasteiger partial charge in [-0.2, -0.15) is 0 Å². The Labute approximate surface area is 183 Å². The molecule has 1 radical (unpaired) electrons. The number of aromatic nitrogens is 1. The lowest BCUT2D eigenvalue weighted by Gasteiger charge is -2.57. The van der Waals surface area contributed by atoms with Crippen LogP contribution in [0.3, 0.4) is 0 Å². The molecule has 0 N–H and O–H groups in total. The monoisotopic (exact) mass is 410 g/mol. The molecular weight excluding hydrogens is 370 g/mol. The van der Waals surface area contributed by atoms with E-state index in [0.29, 0.717) is 17.8 Å². The van der Waals surface area contributed by atoms with Gasteiger partial charge in [-0.25, -0.2) is 0 Å². The third-order valence-corrected chi connectivity index (χ3v) is 7.82. The van der Waals surface area contributed by atoms with Crippen LogP contribution < -0.4 is 0 Å². The molecule has 1 unspecified atom stereocenters. The van der Waals surface area contributed by atoms with Crippen LogP contribution >= 0.6 is 0 Å². The fourth-order valence-corrected chi connectivity index (χ4v) is 7.00. The predicted molar refractivity (Wildman–Crippen MR) is 121 cm³/mol. The molecule has 0 spiro atoms. The van der Waals surface area contributed by atoms with Crippen molar-refractivity contribution in [1.29, 1.82) is 0 Å². The Morgan fingerprint density at radius 3 is 2.27 bits per heavy atom. The molecule has 0 saturated heterocycles. The number of carbonyl (C=O) groups is 1. The third-order valence-electron chi connectivity index (χ3n) is 7.82. The number of ether oxygens (including phenoxy) is 1. The maximum atomic E-state index is 12.3. The van der Waals surface area contributed by atoms with Crippen molar-refractivity contribution in [3.63, 3.8) is 0 Å². The van der Waals surface area contributed by atoms with Crippen molar-refractivity contribution in [1.82, 2.24) is 4.98 Å². The van der Waals surface area contributed by atoms with Crippen molar-refractivity contribution in [3.8, 4) is 0 Å². The molecular formula is C27H40NO2. The van der Waals surface area contributed by atoms with E-state index in [4.69, 9.17) is 4.74 Å². The summed E-state index contributed by atoms with van der Waals surface area (Å²) in [5.74, 6) is 3.55. The van der Waals surface area contributed by atoms with E-state index < -0.39 is 5.60 Å². The van der Waals surface area contributed by atoms with E-state index in [9.17, 15) is 4.79 Å². The first-order valence-corrected chi connectivity index (χ1v) is 12.2. The zero-order valence-corrected chi connectivity index (χ0v) is 19.2. The average molecular weight is 411 g/mol. The lowest BCUT2D eigenvalue weighted by atomic mass is 9.48. The summed E-state index contributed by atoms with van der Waals surface area (Å²) < 4.78 is 5.57. The van der Waals surface area contributed by atoms with Crippen LogP contribution in [0, 0.1) is 35.5 Å². The Hall–Kier alpha value is -1.38. The number of pyridine rings is 1. The zero-order valence-electron chi connectivity index (χ0n) is 19.2. The number of nitrogens with zero attached hydrogens (tertiary/aromatic N) is 1. The van der Waals surface area contributed by atoms with Crippen molar-refractivity contribution >= 4 is 5.97 Å². The highest BCUT2D eigenvalue weighted by atomic mass is 16.6. The minimum absolute atomic E-state index is 0.0498. The van der Waals surface area contributed by atoms with Crippen molar-refractivity contribution in [2.24, 2.45) is 29.1 Å². The average Bonchev–Trinajstić information content (AvgIpc) is 2.66. The smallest absolute Gasteiger partial charge is 0.306 e. The first kappa shape index (κ1) is 21.8. The summed E-state index contributed by atoms with van der Waals surface area (Å²) in [7, 11) is 0. The Balaban J connectivity index is 1.33. The number of carbonyl (C=O) groups excluding carboxylic acids is 1. The van der Waals surface area contributed by atoms with Crippen LogP contribution in [-0.2, 0) is 9.53 Å². The molecule has 4 bridgehead atoms. The van der Waals surface area contributed by atoms with Gasteiger partial charge in [-0.1, -0.05) is 0 Å². The molecule has 4 aliphatic carbocycles. The largest absolute Gasteiger partial charge is 0.460 e. The number of hydrogen-bond donors (Lipinski definition) is 0. The second-order valence-corrected chi connectivity index (χ2v) is 11.7. The summed E-state index contributed by atoms with van der Waals surface area (Å²) in [6.45, 7) is 5.85. The van der Waals surface area contributed by atoms with E-state index in [0.717, 1.165) is 30.6 Å². The number of rotatable bonds is 9. The Morgan fingerprint density at radius 1 is 1.10 bits per heavy atom. The van der Waals surface area contributed by atoms with Gasteiger partial charge in [0, 0.05) is 18.8 Å². The molecule has 1 heterocycles. The fourth-order valence-electron chi connectivity index (χ4n) is 7.00. The lowest BCUT2D eigenvalue weighted by Crippen LogP contribution is -2.46. The van der Waals surface area contributed by atoms with Gasteiger partial charge in [-0.05, 0) is 138 Å². The molecule has 165 valence electrons. The van der Waals surface area contributed by atoms with Gasteiger partial charge >= 0.3 is 5.97 Å².